The topological polar surface area (TPSA) is 0 Å². The summed E-state index contributed by atoms with van der Waals surface area (Å²) in [6.45, 7) is 6.72. The molecular weight excluding hydrogens is 224 g/mol. The summed E-state index contributed by atoms with van der Waals surface area (Å²) in [4.78, 5) is 0. The van der Waals surface area contributed by atoms with E-state index in [1.165, 1.54) is 9.26 Å². The second-order valence-electron chi connectivity index (χ2n) is 3.95. The summed E-state index contributed by atoms with van der Waals surface area (Å²) in [5.41, 5.74) is 1.71. The second kappa shape index (κ2) is 4.63. The van der Waals surface area contributed by atoms with Crippen molar-refractivity contribution in [2.24, 2.45) is 0 Å². The van der Waals surface area contributed by atoms with Crippen LogP contribution >= 0.6 is 0 Å². The fraction of sp³-hybridized carbons (Fsp3) is 0.400. The maximum atomic E-state index is 2.26. The van der Waals surface area contributed by atoms with Gasteiger partial charge in [0.05, 0.1) is 0 Å². The van der Waals surface area contributed by atoms with Crippen LogP contribution < -0.4 is 20.7 Å². The molecule has 0 fully saturated rings. The Morgan fingerprint density at radius 3 is 2.08 bits per heavy atom. The molecule has 0 amide bonds. The van der Waals surface area contributed by atoms with Crippen molar-refractivity contribution in [2.75, 3.05) is 0 Å². The minimum absolute atomic E-state index is 0. The van der Waals surface area contributed by atoms with Crippen LogP contribution in [0.2, 0.25) is 0 Å². The number of benzene rings is 1. The maximum absolute atomic E-state index is 2.26. The first-order valence-electron chi connectivity index (χ1n) is 3.92. The summed E-state index contributed by atoms with van der Waals surface area (Å²) in [7, 11) is 0. The third-order valence-corrected chi connectivity index (χ3v) is 2.23. The van der Waals surface area contributed by atoms with E-state index in [4.69, 9.17) is 0 Å². The second-order valence-corrected chi connectivity index (χ2v) is 4.77. The molecule has 0 aromatic heterocycles. The van der Waals surface area contributed by atoms with Gasteiger partial charge in [-0.25, -0.2) is 0 Å². The molecule has 0 aliphatic rings. The van der Waals surface area contributed by atoms with E-state index in [9.17, 15) is 0 Å². The fourth-order valence-corrected chi connectivity index (χ4v) is 1.39. The number of hydrogen-bond acceptors (Lipinski definition) is 0. The van der Waals surface area contributed by atoms with E-state index in [0.717, 1.165) is 0 Å². The molecular formula is C10H13BrMg. The van der Waals surface area contributed by atoms with Crippen molar-refractivity contribution in [1.29, 1.82) is 0 Å². The molecule has 0 atom stereocenters. The zero-order chi connectivity index (χ0) is 8.48. The average Bonchev–Trinajstić information content (AvgIpc) is 1.86. The normalized spacial score (nSPS) is 10.8. The zero-order valence-corrected chi connectivity index (χ0v) is 10.9. The molecule has 12 heavy (non-hydrogen) atoms. The first kappa shape index (κ1) is 12.5. The van der Waals surface area contributed by atoms with Crippen LogP contribution in [0, 0.1) is 0 Å². The van der Waals surface area contributed by atoms with Crippen molar-refractivity contribution in [1.82, 2.24) is 0 Å². The Morgan fingerprint density at radius 1 is 1.17 bits per heavy atom. The van der Waals surface area contributed by atoms with Crippen molar-refractivity contribution in [3.63, 3.8) is 0 Å². The van der Waals surface area contributed by atoms with Gasteiger partial charge in [0, 0.05) is 0 Å². The molecule has 0 nitrogen and oxygen atoms in total. The van der Waals surface area contributed by atoms with E-state index in [2.05, 4.69) is 45.0 Å². The van der Waals surface area contributed by atoms with E-state index in [0.29, 0.717) is 0 Å². The molecule has 0 spiro atoms. The molecule has 0 saturated carbocycles. The van der Waals surface area contributed by atoms with Crippen LogP contribution in [0.25, 0.3) is 0 Å². The standard InChI is InChI=1S/C10H13.BrH.Mg/c1-10(2,3)9-7-5-4-6-8-9;;/h4-5,7-8H,1-3H3;1H;/q;;+1/p-1. The molecule has 62 valence electrons. The quantitative estimate of drug-likeness (QED) is 0.496. The summed E-state index contributed by atoms with van der Waals surface area (Å²) in [5, 5.41) is 0. The number of hydrogen-bond donors (Lipinski definition) is 0. The molecule has 0 radical (unpaired) electrons. The van der Waals surface area contributed by atoms with Crippen LogP contribution in [0.1, 0.15) is 26.3 Å². The summed E-state index contributed by atoms with van der Waals surface area (Å²) in [6.07, 6.45) is 0. The molecule has 1 rings (SSSR count). The Morgan fingerprint density at radius 2 is 1.75 bits per heavy atom. The van der Waals surface area contributed by atoms with Crippen molar-refractivity contribution in [3.05, 3.63) is 29.8 Å². The van der Waals surface area contributed by atoms with Gasteiger partial charge < -0.3 is 17.0 Å². The largest absolute Gasteiger partial charge is 1.00 e. The minimum Gasteiger partial charge on any atom is -1.00 e. The third kappa shape index (κ3) is 3.46. The van der Waals surface area contributed by atoms with E-state index in [1.807, 2.05) is 21.7 Å². The van der Waals surface area contributed by atoms with Gasteiger partial charge in [0.1, 0.15) is 0 Å². The summed E-state index contributed by atoms with van der Waals surface area (Å²) in [6, 6.07) is 8.73. The Hall–Kier alpha value is 0.466. The molecule has 0 aliphatic heterocycles. The van der Waals surface area contributed by atoms with Crippen molar-refractivity contribution in [3.8, 4) is 0 Å². The van der Waals surface area contributed by atoms with Gasteiger partial charge in [-0.3, -0.25) is 0 Å². The third-order valence-electron chi connectivity index (χ3n) is 1.79. The molecule has 1 aromatic carbocycles. The van der Waals surface area contributed by atoms with E-state index in [-0.39, 0.29) is 22.4 Å². The molecule has 0 heterocycles. The van der Waals surface area contributed by atoms with Crippen molar-refractivity contribution < 1.29 is 17.0 Å². The van der Waals surface area contributed by atoms with Crippen LogP contribution in [0.15, 0.2) is 24.3 Å². The fourth-order valence-electron chi connectivity index (χ4n) is 1.04. The van der Waals surface area contributed by atoms with Crippen LogP contribution in [0.4, 0.5) is 0 Å². The smallest absolute Gasteiger partial charge is 1.00 e. The van der Waals surface area contributed by atoms with Gasteiger partial charge >= 0.3 is 81.4 Å². The van der Waals surface area contributed by atoms with E-state index >= 15 is 0 Å². The predicted molar refractivity (Wildman–Crippen MR) is 50.5 cm³/mol. The zero-order valence-electron chi connectivity index (χ0n) is 7.89. The SMILES string of the molecule is CC(C)(C)c1ccc[c]([Mg+])c1.[Br-]. The van der Waals surface area contributed by atoms with Gasteiger partial charge in [0.2, 0.25) is 0 Å². The predicted octanol–water partition coefficient (Wildman–Crippen LogP) is -1.22. The summed E-state index contributed by atoms with van der Waals surface area (Å²) in [5.74, 6) is 0. The molecule has 2 heteroatoms. The van der Waals surface area contributed by atoms with Gasteiger partial charge in [0.15, 0.2) is 0 Å². The molecule has 0 aliphatic carbocycles. The molecule has 0 bridgehead atoms. The first-order valence-corrected chi connectivity index (χ1v) is 4.63. The Labute approximate surface area is 98.0 Å². The van der Waals surface area contributed by atoms with Crippen molar-refractivity contribution >= 4 is 25.4 Å². The molecule has 1 aromatic rings. The number of halogens is 1. The number of rotatable bonds is 0. The Balaban J connectivity index is 0.00000121. The summed E-state index contributed by atoms with van der Waals surface area (Å²) >= 11 is 1.94. The average molecular weight is 237 g/mol. The van der Waals surface area contributed by atoms with E-state index in [1.54, 1.807) is 0 Å². The van der Waals surface area contributed by atoms with Crippen LogP contribution in [0.3, 0.4) is 0 Å². The van der Waals surface area contributed by atoms with Gasteiger partial charge in [-0.15, -0.1) is 0 Å². The van der Waals surface area contributed by atoms with E-state index < -0.39 is 0 Å². The summed E-state index contributed by atoms with van der Waals surface area (Å²) < 4.78 is 1.37. The van der Waals surface area contributed by atoms with Gasteiger partial charge in [-0.2, -0.15) is 0 Å². The monoisotopic (exact) mass is 236 g/mol. The molecule has 0 N–H and O–H groups in total. The first-order chi connectivity index (χ1) is 5.00. The molecule has 0 saturated heterocycles. The van der Waals surface area contributed by atoms with Gasteiger partial charge in [-0.1, -0.05) is 0 Å². The molecule has 0 unspecified atom stereocenters. The Kier molecular flexibility index (Phi) is 4.81. The maximum Gasteiger partial charge on any atom is -1.00 e. The Bertz CT molecular complexity index is 250. The minimum atomic E-state index is 0. The van der Waals surface area contributed by atoms with Crippen LogP contribution in [-0.4, -0.2) is 21.7 Å². The van der Waals surface area contributed by atoms with Crippen molar-refractivity contribution in [2.45, 2.75) is 26.2 Å². The van der Waals surface area contributed by atoms with Crippen LogP contribution in [0.5, 0.6) is 0 Å². The van der Waals surface area contributed by atoms with Crippen LogP contribution in [-0.2, 0) is 5.41 Å². The van der Waals surface area contributed by atoms with Gasteiger partial charge in [-0.05, 0) is 0 Å². The van der Waals surface area contributed by atoms with Gasteiger partial charge in [0.25, 0.3) is 0 Å².